The van der Waals surface area contributed by atoms with E-state index in [1.807, 2.05) is 0 Å². The van der Waals surface area contributed by atoms with E-state index < -0.39 is 10.0 Å². The second kappa shape index (κ2) is 4.57. The van der Waals surface area contributed by atoms with Crippen molar-refractivity contribution in [2.45, 2.75) is 4.90 Å². The zero-order valence-electron chi connectivity index (χ0n) is 9.41. The Morgan fingerprint density at radius 3 is 2.83 bits per heavy atom. The van der Waals surface area contributed by atoms with Crippen LogP contribution in [0, 0.1) is 0 Å². The summed E-state index contributed by atoms with van der Waals surface area (Å²) in [6.07, 6.45) is 2.40. The van der Waals surface area contributed by atoms with Crippen molar-refractivity contribution in [3.05, 3.63) is 30.6 Å². The summed E-state index contributed by atoms with van der Waals surface area (Å²) in [4.78, 5) is -0.0234. The van der Waals surface area contributed by atoms with Gasteiger partial charge in [0.2, 0.25) is 0 Å². The molecule has 0 amide bonds. The number of aromatic nitrogens is 2. The van der Waals surface area contributed by atoms with Gasteiger partial charge in [-0.05, 0) is 12.1 Å². The smallest absolute Gasteiger partial charge is 0.265 e. The van der Waals surface area contributed by atoms with E-state index in [1.54, 1.807) is 0 Å². The highest BCUT2D eigenvalue weighted by atomic mass is 32.2. The zero-order valence-corrected chi connectivity index (χ0v) is 10.2. The highest BCUT2D eigenvalue weighted by molar-refractivity contribution is 7.92. The minimum absolute atomic E-state index is 0.0234. The van der Waals surface area contributed by atoms with E-state index in [4.69, 9.17) is 4.74 Å². The Labute approximate surface area is 103 Å². The number of benzene rings is 1. The number of hydrogen-bond acceptors (Lipinski definition) is 5. The van der Waals surface area contributed by atoms with Crippen LogP contribution in [0.15, 0.2) is 35.5 Å². The van der Waals surface area contributed by atoms with Crippen LogP contribution in [0.1, 0.15) is 0 Å². The summed E-state index contributed by atoms with van der Waals surface area (Å²) in [5.41, 5.74) is 0.0375. The van der Waals surface area contributed by atoms with Crippen LogP contribution >= 0.6 is 0 Å². The zero-order chi connectivity index (χ0) is 13.2. The van der Waals surface area contributed by atoms with E-state index in [2.05, 4.69) is 14.9 Å². The van der Waals surface area contributed by atoms with Crippen molar-refractivity contribution < 1.29 is 18.3 Å². The minimum atomic E-state index is -3.78. The van der Waals surface area contributed by atoms with Gasteiger partial charge in [0.25, 0.3) is 10.0 Å². The molecule has 1 heterocycles. The lowest BCUT2D eigenvalue weighted by Gasteiger charge is -2.09. The van der Waals surface area contributed by atoms with Crippen molar-refractivity contribution in [1.82, 2.24) is 10.2 Å². The third-order valence-corrected chi connectivity index (χ3v) is 3.56. The molecule has 0 atom stereocenters. The standard InChI is InChI=1S/C10H11N3O4S/c1-17-7-2-3-10(14)9(4-7)13-18(15,16)8-5-11-12-6-8/h2-6,13-14H,1H3,(H,11,12). The Balaban J connectivity index is 2.35. The molecule has 0 unspecified atom stereocenters. The summed E-state index contributed by atoms with van der Waals surface area (Å²) in [5, 5.41) is 15.5. The first kappa shape index (κ1) is 12.2. The van der Waals surface area contributed by atoms with Gasteiger partial charge in [-0.3, -0.25) is 9.82 Å². The Bertz CT molecular complexity index is 637. The minimum Gasteiger partial charge on any atom is -0.506 e. The van der Waals surface area contributed by atoms with Crippen molar-refractivity contribution in [1.29, 1.82) is 0 Å². The number of nitrogens with one attached hydrogen (secondary N) is 2. The molecule has 0 aliphatic carbocycles. The first-order valence-corrected chi connectivity index (χ1v) is 6.40. The number of H-pyrrole nitrogens is 1. The van der Waals surface area contributed by atoms with Crippen molar-refractivity contribution in [3.63, 3.8) is 0 Å². The topological polar surface area (TPSA) is 104 Å². The molecular formula is C10H11N3O4S. The van der Waals surface area contributed by atoms with E-state index in [9.17, 15) is 13.5 Å². The quantitative estimate of drug-likeness (QED) is 0.716. The molecule has 1 aromatic carbocycles. The molecule has 0 saturated carbocycles. The van der Waals surface area contributed by atoms with Crippen LogP contribution < -0.4 is 9.46 Å². The Morgan fingerprint density at radius 2 is 2.22 bits per heavy atom. The number of phenolic OH excluding ortho intramolecular Hbond substituents is 1. The molecule has 0 saturated heterocycles. The van der Waals surface area contributed by atoms with Crippen LogP contribution in [0.2, 0.25) is 0 Å². The first-order chi connectivity index (χ1) is 8.53. The van der Waals surface area contributed by atoms with Crippen LogP contribution in [0.4, 0.5) is 5.69 Å². The third-order valence-electron chi connectivity index (χ3n) is 2.23. The van der Waals surface area contributed by atoms with Crippen molar-refractivity contribution in [2.75, 3.05) is 11.8 Å². The summed E-state index contributed by atoms with van der Waals surface area (Å²) < 4.78 is 31.0. The van der Waals surface area contributed by atoms with E-state index in [-0.39, 0.29) is 16.3 Å². The molecule has 1 aromatic heterocycles. The van der Waals surface area contributed by atoms with Crippen LogP contribution in [0.25, 0.3) is 0 Å². The van der Waals surface area contributed by atoms with Gasteiger partial charge < -0.3 is 9.84 Å². The highest BCUT2D eigenvalue weighted by Crippen LogP contribution is 2.29. The molecule has 0 spiro atoms. The number of aromatic hydroxyl groups is 1. The summed E-state index contributed by atoms with van der Waals surface area (Å²) in [6, 6.07) is 4.24. The van der Waals surface area contributed by atoms with Crippen molar-refractivity contribution >= 4 is 15.7 Å². The Kier molecular flexibility index (Phi) is 3.11. The van der Waals surface area contributed by atoms with Gasteiger partial charge >= 0.3 is 0 Å². The maximum absolute atomic E-state index is 11.9. The fourth-order valence-corrected chi connectivity index (χ4v) is 2.28. The van der Waals surface area contributed by atoms with Gasteiger partial charge in [-0.15, -0.1) is 0 Å². The lowest BCUT2D eigenvalue weighted by atomic mass is 10.3. The monoisotopic (exact) mass is 269 g/mol. The molecular weight excluding hydrogens is 258 g/mol. The van der Waals surface area contributed by atoms with Crippen LogP contribution in [-0.4, -0.2) is 30.8 Å². The van der Waals surface area contributed by atoms with E-state index in [0.29, 0.717) is 5.75 Å². The summed E-state index contributed by atoms with van der Waals surface area (Å²) >= 11 is 0. The lowest BCUT2D eigenvalue weighted by molar-refractivity contribution is 0.413. The molecule has 0 aliphatic heterocycles. The van der Waals surface area contributed by atoms with E-state index in [1.165, 1.54) is 37.7 Å². The fraction of sp³-hybridized carbons (Fsp3) is 0.100. The fourth-order valence-electron chi connectivity index (χ4n) is 1.31. The largest absolute Gasteiger partial charge is 0.506 e. The third kappa shape index (κ3) is 2.38. The van der Waals surface area contributed by atoms with Crippen LogP contribution in [0.3, 0.4) is 0 Å². The molecule has 7 nitrogen and oxygen atoms in total. The molecule has 2 aromatic rings. The molecule has 18 heavy (non-hydrogen) atoms. The number of nitrogens with zero attached hydrogens (tertiary/aromatic N) is 1. The van der Waals surface area contributed by atoms with Crippen LogP contribution in [0.5, 0.6) is 11.5 Å². The average molecular weight is 269 g/mol. The number of ether oxygens (including phenoxy) is 1. The molecule has 8 heteroatoms. The molecule has 96 valence electrons. The molecule has 0 radical (unpaired) electrons. The Morgan fingerprint density at radius 1 is 1.44 bits per heavy atom. The number of sulfonamides is 1. The molecule has 0 aliphatic rings. The van der Waals surface area contributed by atoms with Gasteiger partial charge in [-0.2, -0.15) is 5.10 Å². The van der Waals surface area contributed by atoms with Gasteiger partial charge in [-0.25, -0.2) is 8.42 Å². The highest BCUT2D eigenvalue weighted by Gasteiger charge is 2.17. The average Bonchev–Trinajstić information content (AvgIpc) is 2.86. The maximum atomic E-state index is 11.9. The SMILES string of the molecule is COc1ccc(O)c(NS(=O)(=O)c2cn[nH]c2)c1. The molecule has 0 fully saturated rings. The van der Waals surface area contributed by atoms with Crippen molar-refractivity contribution in [3.8, 4) is 11.5 Å². The number of aromatic amines is 1. The molecule has 3 N–H and O–H groups in total. The number of phenols is 1. The number of methoxy groups -OCH3 is 1. The van der Waals surface area contributed by atoms with Crippen LogP contribution in [-0.2, 0) is 10.0 Å². The lowest BCUT2D eigenvalue weighted by Crippen LogP contribution is -2.12. The maximum Gasteiger partial charge on any atom is 0.265 e. The van der Waals surface area contributed by atoms with Gasteiger partial charge in [0.05, 0.1) is 19.0 Å². The molecule has 2 rings (SSSR count). The van der Waals surface area contributed by atoms with E-state index in [0.717, 1.165) is 0 Å². The molecule has 0 bridgehead atoms. The van der Waals surface area contributed by atoms with Gasteiger partial charge in [0.1, 0.15) is 16.4 Å². The predicted molar refractivity (Wildman–Crippen MR) is 64.1 cm³/mol. The second-order valence-electron chi connectivity index (χ2n) is 3.42. The summed E-state index contributed by atoms with van der Waals surface area (Å²) in [5.74, 6) is 0.237. The first-order valence-electron chi connectivity index (χ1n) is 4.91. The number of hydrogen-bond donors (Lipinski definition) is 3. The second-order valence-corrected chi connectivity index (χ2v) is 5.10. The van der Waals surface area contributed by atoms with Gasteiger partial charge in [-0.1, -0.05) is 0 Å². The van der Waals surface area contributed by atoms with Gasteiger partial charge in [0, 0.05) is 12.3 Å². The predicted octanol–water partition coefficient (Wildman–Crippen LogP) is 0.925. The van der Waals surface area contributed by atoms with E-state index >= 15 is 0 Å². The van der Waals surface area contributed by atoms with Gasteiger partial charge in [0.15, 0.2) is 0 Å². The summed E-state index contributed by atoms with van der Waals surface area (Å²) in [7, 11) is -2.33. The Hall–Kier alpha value is -2.22. The number of anilines is 1. The number of rotatable bonds is 4. The normalized spacial score (nSPS) is 11.2. The van der Waals surface area contributed by atoms with Crippen molar-refractivity contribution in [2.24, 2.45) is 0 Å². The summed E-state index contributed by atoms with van der Waals surface area (Å²) in [6.45, 7) is 0.